The maximum absolute atomic E-state index is 11.3. The van der Waals surface area contributed by atoms with Crippen molar-refractivity contribution >= 4 is 45.0 Å². The average molecular weight is 400 g/mol. The van der Waals surface area contributed by atoms with Crippen LogP contribution >= 0.6 is 11.6 Å². The molecule has 0 aliphatic heterocycles. The normalized spacial score (nSPS) is 10.7. The van der Waals surface area contributed by atoms with E-state index in [-0.39, 0.29) is 52.4 Å². The first-order chi connectivity index (χ1) is 11.9. The molecule has 0 fully saturated rings. The van der Waals surface area contributed by atoms with E-state index in [0.717, 1.165) is 5.69 Å². The Morgan fingerprint density at radius 1 is 0.846 bits per heavy atom. The first kappa shape index (κ1) is 20.6. The van der Waals surface area contributed by atoms with Gasteiger partial charge in [-0.2, -0.15) is 15.0 Å². The van der Waals surface area contributed by atoms with Gasteiger partial charge in [-0.05, 0) is 35.9 Å². The van der Waals surface area contributed by atoms with Gasteiger partial charge in [0.15, 0.2) is 0 Å². The van der Waals surface area contributed by atoms with Crippen molar-refractivity contribution in [2.75, 3.05) is 10.6 Å². The molecule has 0 radical (unpaired) electrons. The van der Waals surface area contributed by atoms with E-state index >= 15 is 0 Å². The fourth-order valence-corrected chi connectivity index (χ4v) is 2.81. The largest absolute Gasteiger partial charge is 1.00 e. The topological polar surface area (TPSA) is 120 Å². The summed E-state index contributed by atoms with van der Waals surface area (Å²) in [5.74, 6) is 0.158. The van der Waals surface area contributed by atoms with Crippen LogP contribution in [0.5, 0.6) is 0 Å². The summed E-state index contributed by atoms with van der Waals surface area (Å²) in [7, 11) is -4.65. The molecule has 0 atom stereocenters. The molecular weight excluding hydrogens is 389 g/mol. The van der Waals surface area contributed by atoms with Crippen molar-refractivity contribution in [2.45, 2.75) is 4.90 Å². The third kappa shape index (κ3) is 5.37. The second kappa shape index (κ2) is 8.76. The first-order valence-electron chi connectivity index (χ1n) is 6.97. The van der Waals surface area contributed by atoms with E-state index in [2.05, 4.69) is 25.6 Å². The number of halogens is 1. The number of rotatable bonds is 5. The third-order valence-electron chi connectivity index (χ3n) is 3.04. The quantitative estimate of drug-likeness (QED) is 0.451. The minimum Gasteiger partial charge on any atom is -0.744 e. The molecule has 0 aliphatic carbocycles. The summed E-state index contributed by atoms with van der Waals surface area (Å²) in [4.78, 5) is 11.6. The van der Waals surface area contributed by atoms with Crippen LogP contribution < -0.4 is 40.2 Å². The zero-order valence-electron chi connectivity index (χ0n) is 13.5. The molecule has 1 aromatic heterocycles. The summed E-state index contributed by atoms with van der Waals surface area (Å²) in [5.41, 5.74) is 0.781. The van der Waals surface area contributed by atoms with Crippen LogP contribution in [0.15, 0.2) is 59.5 Å². The summed E-state index contributed by atoms with van der Waals surface area (Å²) < 4.78 is 34.0. The Morgan fingerprint density at radius 3 is 2.08 bits per heavy atom. The number of anilines is 4. The van der Waals surface area contributed by atoms with Crippen LogP contribution in [0.3, 0.4) is 0 Å². The molecule has 0 saturated heterocycles. The van der Waals surface area contributed by atoms with Crippen molar-refractivity contribution in [2.24, 2.45) is 0 Å². The number of hydrogen-bond donors (Lipinski definition) is 2. The molecule has 26 heavy (non-hydrogen) atoms. The van der Waals surface area contributed by atoms with Crippen LogP contribution in [0.4, 0.5) is 23.3 Å². The van der Waals surface area contributed by atoms with Crippen molar-refractivity contribution in [3.63, 3.8) is 0 Å². The van der Waals surface area contributed by atoms with Gasteiger partial charge in [0.25, 0.3) is 0 Å². The van der Waals surface area contributed by atoms with Crippen molar-refractivity contribution in [3.05, 3.63) is 59.9 Å². The molecule has 3 aromatic rings. The van der Waals surface area contributed by atoms with Crippen LogP contribution in [0, 0.1) is 0 Å². The van der Waals surface area contributed by atoms with Gasteiger partial charge in [0.2, 0.25) is 17.2 Å². The van der Waals surface area contributed by atoms with Crippen LogP contribution in [-0.2, 0) is 10.1 Å². The molecule has 128 valence electrons. The van der Waals surface area contributed by atoms with Gasteiger partial charge < -0.3 is 15.2 Å². The standard InChI is InChI=1S/C15H12ClN5O3S.Na/c16-13-19-14(17-10-6-2-1-3-7-10)21-15(20-13)18-11-8-4-5-9-12(11)25(22,23)24;/h1-9H,(H,22,23,24)(H2,17,18,19,20,21);/q;+1/p-1. The van der Waals surface area contributed by atoms with Crippen molar-refractivity contribution < 1.29 is 42.5 Å². The van der Waals surface area contributed by atoms with Crippen LogP contribution in [-0.4, -0.2) is 27.9 Å². The number of nitrogens with one attached hydrogen (secondary N) is 2. The van der Waals surface area contributed by atoms with Crippen molar-refractivity contribution in [1.29, 1.82) is 0 Å². The maximum Gasteiger partial charge on any atom is 1.00 e. The predicted molar refractivity (Wildman–Crippen MR) is 92.2 cm³/mol. The van der Waals surface area contributed by atoms with Gasteiger partial charge in [-0.1, -0.05) is 30.3 Å². The zero-order chi connectivity index (χ0) is 17.9. The summed E-state index contributed by atoms with van der Waals surface area (Å²) in [6, 6.07) is 14.8. The molecule has 3 rings (SSSR count). The molecule has 2 aromatic carbocycles. The second-order valence-electron chi connectivity index (χ2n) is 4.82. The second-order valence-corrected chi connectivity index (χ2v) is 6.50. The Kier molecular flexibility index (Phi) is 6.93. The number of aromatic nitrogens is 3. The van der Waals surface area contributed by atoms with Gasteiger partial charge >= 0.3 is 29.6 Å². The minimum absolute atomic E-state index is 0. The third-order valence-corrected chi connectivity index (χ3v) is 4.10. The first-order valence-corrected chi connectivity index (χ1v) is 8.76. The van der Waals surface area contributed by atoms with Crippen LogP contribution in [0.1, 0.15) is 0 Å². The molecule has 0 saturated carbocycles. The zero-order valence-corrected chi connectivity index (χ0v) is 17.1. The monoisotopic (exact) mass is 399 g/mol. The molecule has 0 amide bonds. The molecular formula is C15H11ClN5NaO3S. The maximum atomic E-state index is 11.3. The van der Waals surface area contributed by atoms with Crippen LogP contribution in [0.25, 0.3) is 0 Å². The Labute approximate surface area is 177 Å². The van der Waals surface area contributed by atoms with Gasteiger partial charge in [0, 0.05) is 5.69 Å². The molecule has 0 unspecified atom stereocenters. The fraction of sp³-hybridized carbons (Fsp3) is 0. The van der Waals surface area contributed by atoms with Gasteiger partial charge in [0.1, 0.15) is 10.1 Å². The molecule has 8 nitrogen and oxygen atoms in total. The van der Waals surface area contributed by atoms with E-state index in [4.69, 9.17) is 11.6 Å². The SMILES string of the molecule is O=S(=O)([O-])c1ccccc1Nc1nc(Cl)nc(Nc2ccccc2)n1.[Na+]. The smallest absolute Gasteiger partial charge is 0.744 e. The number of benzene rings is 2. The van der Waals surface area contributed by atoms with E-state index in [0.29, 0.717) is 0 Å². The molecule has 1 heterocycles. The number of hydrogen-bond acceptors (Lipinski definition) is 8. The van der Waals surface area contributed by atoms with E-state index < -0.39 is 15.0 Å². The molecule has 11 heteroatoms. The average Bonchev–Trinajstić information content (AvgIpc) is 2.55. The van der Waals surface area contributed by atoms with Gasteiger partial charge in [-0.3, -0.25) is 0 Å². The van der Waals surface area contributed by atoms with Crippen molar-refractivity contribution in [3.8, 4) is 0 Å². The van der Waals surface area contributed by atoms with E-state index in [1.807, 2.05) is 30.3 Å². The Bertz CT molecular complexity index is 1010. The van der Waals surface area contributed by atoms with E-state index in [9.17, 15) is 13.0 Å². The molecule has 2 N–H and O–H groups in total. The Morgan fingerprint density at radius 2 is 1.42 bits per heavy atom. The van der Waals surface area contributed by atoms with Crippen molar-refractivity contribution in [1.82, 2.24) is 15.0 Å². The van der Waals surface area contributed by atoms with Gasteiger partial charge in [-0.15, -0.1) is 0 Å². The summed E-state index contributed by atoms with van der Waals surface area (Å²) in [6.07, 6.45) is 0. The Hall–Kier alpha value is -1.75. The summed E-state index contributed by atoms with van der Waals surface area (Å²) >= 11 is 5.89. The summed E-state index contributed by atoms with van der Waals surface area (Å²) in [5, 5.41) is 5.53. The van der Waals surface area contributed by atoms with E-state index in [1.54, 1.807) is 6.07 Å². The Balaban J connectivity index is 0.00000243. The number of nitrogens with zero attached hydrogens (tertiary/aromatic N) is 3. The van der Waals surface area contributed by atoms with Gasteiger partial charge in [-0.25, -0.2) is 8.42 Å². The molecule has 0 spiro atoms. The van der Waals surface area contributed by atoms with Crippen LogP contribution in [0.2, 0.25) is 5.28 Å². The molecule has 0 bridgehead atoms. The molecule has 0 aliphatic rings. The number of para-hydroxylation sites is 2. The fourth-order valence-electron chi connectivity index (χ4n) is 2.02. The summed E-state index contributed by atoms with van der Waals surface area (Å²) in [6.45, 7) is 0. The van der Waals surface area contributed by atoms with E-state index in [1.165, 1.54) is 18.2 Å². The van der Waals surface area contributed by atoms with Gasteiger partial charge in [0.05, 0.1) is 10.6 Å². The predicted octanol–water partition coefficient (Wildman–Crippen LogP) is -0.0797. The minimum atomic E-state index is -4.65.